The number of halogens is 1. The van der Waals surface area contributed by atoms with Crippen molar-refractivity contribution in [2.75, 3.05) is 26.7 Å². The quantitative estimate of drug-likeness (QED) is 0.835. The molecule has 0 spiro atoms. The summed E-state index contributed by atoms with van der Waals surface area (Å²) < 4.78 is 7.12. The van der Waals surface area contributed by atoms with Gasteiger partial charge in [0.15, 0.2) is 0 Å². The van der Waals surface area contributed by atoms with E-state index in [1.807, 2.05) is 0 Å². The average molecular weight is 355 g/mol. The summed E-state index contributed by atoms with van der Waals surface area (Å²) in [6, 6.07) is 7.22. The van der Waals surface area contributed by atoms with E-state index >= 15 is 0 Å². The zero-order chi connectivity index (χ0) is 15.2. The molecule has 0 aliphatic carbocycles. The number of rotatable bonds is 6. The predicted octanol–water partition coefficient (Wildman–Crippen LogP) is 3.98. The van der Waals surface area contributed by atoms with Crippen molar-refractivity contribution in [1.29, 1.82) is 0 Å². The fraction of sp³-hybridized carbons (Fsp3) is 0.647. The highest BCUT2D eigenvalue weighted by Gasteiger charge is 2.19. The molecule has 0 radical (unpaired) electrons. The molecule has 4 heteroatoms. The number of likely N-dealkylation sites (tertiary alicyclic amines) is 1. The lowest BCUT2D eigenvalue weighted by Gasteiger charge is -2.32. The number of nitrogens with zero attached hydrogens (tertiary/aromatic N) is 1. The molecule has 2 unspecified atom stereocenters. The van der Waals surface area contributed by atoms with Crippen LogP contribution in [-0.4, -0.2) is 37.7 Å². The zero-order valence-electron chi connectivity index (χ0n) is 13.4. The van der Waals surface area contributed by atoms with E-state index in [-0.39, 0.29) is 0 Å². The predicted molar refractivity (Wildman–Crippen MR) is 92.0 cm³/mol. The normalized spacial score (nSPS) is 21.2. The Labute approximate surface area is 137 Å². The summed E-state index contributed by atoms with van der Waals surface area (Å²) in [5, 5.41) is 3.43. The topological polar surface area (TPSA) is 24.5 Å². The largest absolute Gasteiger partial charge is 0.492 e. The molecule has 1 heterocycles. The molecule has 0 aromatic heterocycles. The fourth-order valence-electron chi connectivity index (χ4n) is 2.91. The van der Waals surface area contributed by atoms with Crippen LogP contribution >= 0.6 is 15.9 Å². The first-order valence-electron chi connectivity index (χ1n) is 7.97. The number of hydrogen-bond acceptors (Lipinski definition) is 3. The van der Waals surface area contributed by atoms with Crippen molar-refractivity contribution in [2.24, 2.45) is 0 Å². The van der Waals surface area contributed by atoms with E-state index in [1.54, 1.807) is 0 Å². The third-order valence-electron chi connectivity index (χ3n) is 4.31. The molecule has 21 heavy (non-hydrogen) atoms. The van der Waals surface area contributed by atoms with Crippen LogP contribution in [0.2, 0.25) is 0 Å². The summed E-state index contributed by atoms with van der Waals surface area (Å²) in [6.07, 6.45) is 3.88. The molecule has 0 saturated carbocycles. The number of likely N-dealkylation sites (N-methyl/N-ethyl adjacent to an activating group) is 1. The first kappa shape index (κ1) is 16.8. The van der Waals surface area contributed by atoms with Crippen LogP contribution in [0.3, 0.4) is 0 Å². The van der Waals surface area contributed by atoms with Crippen LogP contribution in [0.4, 0.5) is 0 Å². The number of hydrogen-bond donors (Lipinski definition) is 1. The molecule has 0 amide bonds. The number of benzene rings is 1. The van der Waals surface area contributed by atoms with E-state index in [1.165, 1.54) is 31.4 Å². The lowest BCUT2D eigenvalue weighted by molar-refractivity contribution is 0.125. The lowest BCUT2D eigenvalue weighted by Crippen LogP contribution is -2.40. The van der Waals surface area contributed by atoms with Gasteiger partial charge in [0.05, 0.1) is 0 Å². The Morgan fingerprint density at radius 2 is 2.24 bits per heavy atom. The Morgan fingerprint density at radius 3 is 2.90 bits per heavy atom. The Kier molecular flexibility index (Phi) is 6.52. The van der Waals surface area contributed by atoms with Crippen molar-refractivity contribution in [3.63, 3.8) is 0 Å². The molecular formula is C17H27BrN2O. The molecule has 2 rings (SSSR count). The van der Waals surface area contributed by atoms with Crippen molar-refractivity contribution in [2.45, 2.75) is 45.2 Å². The molecule has 2 atom stereocenters. The number of piperidine rings is 1. The molecular weight excluding hydrogens is 328 g/mol. The van der Waals surface area contributed by atoms with Gasteiger partial charge in [-0.15, -0.1) is 0 Å². The lowest BCUT2D eigenvalue weighted by atomic mass is 10.0. The third kappa shape index (κ3) is 4.70. The molecule has 1 saturated heterocycles. The van der Waals surface area contributed by atoms with Crippen molar-refractivity contribution in [1.82, 2.24) is 10.2 Å². The molecule has 1 fully saturated rings. The van der Waals surface area contributed by atoms with E-state index in [4.69, 9.17) is 4.74 Å². The molecule has 0 bridgehead atoms. The van der Waals surface area contributed by atoms with E-state index in [2.05, 4.69) is 65.2 Å². The van der Waals surface area contributed by atoms with Crippen molar-refractivity contribution < 1.29 is 4.74 Å². The first-order chi connectivity index (χ1) is 10.1. The first-order valence-corrected chi connectivity index (χ1v) is 8.77. The second-order valence-electron chi connectivity index (χ2n) is 5.90. The maximum Gasteiger partial charge on any atom is 0.120 e. The molecule has 1 N–H and O–H groups in total. The van der Waals surface area contributed by atoms with E-state index < -0.39 is 0 Å². The maximum absolute atomic E-state index is 6.00. The van der Waals surface area contributed by atoms with E-state index in [0.29, 0.717) is 12.1 Å². The van der Waals surface area contributed by atoms with Crippen molar-refractivity contribution >= 4 is 15.9 Å². The number of nitrogens with one attached hydrogen (secondary N) is 1. The monoisotopic (exact) mass is 354 g/mol. The third-order valence-corrected chi connectivity index (χ3v) is 5.00. The van der Waals surface area contributed by atoms with Crippen LogP contribution in [0.25, 0.3) is 0 Å². The van der Waals surface area contributed by atoms with Crippen LogP contribution in [0.1, 0.15) is 44.7 Å². The highest BCUT2D eigenvalue weighted by atomic mass is 79.9. The van der Waals surface area contributed by atoms with Gasteiger partial charge in [0.1, 0.15) is 12.4 Å². The Balaban J connectivity index is 1.93. The molecule has 3 nitrogen and oxygen atoms in total. The van der Waals surface area contributed by atoms with E-state index in [0.717, 1.165) is 23.4 Å². The van der Waals surface area contributed by atoms with Gasteiger partial charge in [0, 0.05) is 16.6 Å². The molecule has 1 aliphatic heterocycles. The highest BCUT2D eigenvalue weighted by Crippen LogP contribution is 2.28. The van der Waals surface area contributed by atoms with Crippen LogP contribution in [0, 0.1) is 0 Å². The van der Waals surface area contributed by atoms with Crippen LogP contribution in [0.5, 0.6) is 5.75 Å². The molecule has 1 aliphatic rings. The minimum Gasteiger partial charge on any atom is -0.492 e. The summed E-state index contributed by atoms with van der Waals surface area (Å²) >= 11 is 3.67. The summed E-state index contributed by atoms with van der Waals surface area (Å²) in [7, 11) is 2.20. The average Bonchev–Trinajstić information content (AvgIpc) is 2.46. The van der Waals surface area contributed by atoms with Gasteiger partial charge < -0.3 is 15.0 Å². The van der Waals surface area contributed by atoms with E-state index in [9.17, 15) is 0 Å². The van der Waals surface area contributed by atoms with Crippen molar-refractivity contribution in [3.8, 4) is 5.75 Å². The minimum absolute atomic E-state index is 0.350. The minimum atomic E-state index is 0.350. The van der Waals surface area contributed by atoms with Gasteiger partial charge in [0.2, 0.25) is 0 Å². The van der Waals surface area contributed by atoms with Gasteiger partial charge in [-0.3, -0.25) is 0 Å². The van der Waals surface area contributed by atoms with Gasteiger partial charge in [-0.05, 0) is 57.6 Å². The fourth-order valence-corrected chi connectivity index (χ4v) is 3.61. The maximum atomic E-state index is 6.00. The summed E-state index contributed by atoms with van der Waals surface area (Å²) in [5.74, 6) is 0.952. The second-order valence-corrected chi connectivity index (χ2v) is 6.76. The van der Waals surface area contributed by atoms with Gasteiger partial charge in [-0.2, -0.15) is 0 Å². The van der Waals surface area contributed by atoms with Gasteiger partial charge in [-0.25, -0.2) is 0 Å². The molecule has 118 valence electrons. The SMILES string of the molecule is CCNC(C)c1ccc(OCC2CCCCN2C)cc1Br. The number of ether oxygens (including phenoxy) is 1. The van der Waals surface area contributed by atoms with Crippen LogP contribution in [-0.2, 0) is 0 Å². The highest BCUT2D eigenvalue weighted by molar-refractivity contribution is 9.10. The van der Waals surface area contributed by atoms with Crippen LogP contribution in [0.15, 0.2) is 22.7 Å². The summed E-state index contributed by atoms with van der Waals surface area (Å²) in [6.45, 7) is 7.26. The van der Waals surface area contributed by atoms with Crippen LogP contribution < -0.4 is 10.1 Å². The molecule has 1 aromatic rings. The smallest absolute Gasteiger partial charge is 0.120 e. The summed E-state index contributed by atoms with van der Waals surface area (Å²) in [4.78, 5) is 2.42. The Morgan fingerprint density at radius 1 is 1.43 bits per heavy atom. The van der Waals surface area contributed by atoms with Gasteiger partial charge in [-0.1, -0.05) is 35.3 Å². The zero-order valence-corrected chi connectivity index (χ0v) is 14.9. The standard InChI is InChI=1S/C17H27BrN2O/c1-4-19-13(2)16-9-8-15(11-17(16)18)21-12-14-7-5-6-10-20(14)3/h8-9,11,13-14,19H,4-7,10,12H2,1-3H3. The Bertz CT molecular complexity index is 452. The van der Waals surface area contributed by atoms with Gasteiger partial charge in [0.25, 0.3) is 0 Å². The Hall–Kier alpha value is -0.580. The summed E-state index contributed by atoms with van der Waals surface area (Å²) in [5.41, 5.74) is 1.28. The van der Waals surface area contributed by atoms with Crippen molar-refractivity contribution in [3.05, 3.63) is 28.2 Å². The molecule has 1 aromatic carbocycles. The second kappa shape index (κ2) is 8.16. The van der Waals surface area contributed by atoms with Gasteiger partial charge >= 0.3 is 0 Å².